The highest BCUT2D eigenvalue weighted by Gasteiger charge is 2.24. The molecule has 0 bridgehead atoms. The Labute approximate surface area is 114 Å². The second-order valence-electron chi connectivity index (χ2n) is 3.96. The minimum Gasteiger partial charge on any atom is -0.392 e. The van der Waals surface area contributed by atoms with Crippen LogP contribution in [-0.2, 0) is 6.42 Å². The minimum absolute atomic E-state index is 0.185. The van der Waals surface area contributed by atoms with Crippen LogP contribution in [0.25, 0.3) is 0 Å². The van der Waals surface area contributed by atoms with Gasteiger partial charge in [0.15, 0.2) is 0 Å². The van der Waals surface area contributed by atoms with E-state index < -0.39 is 6.10 Å². The van der Waals surface area contributed by atoms with Gasteiger partial charge in [0.25, 0.3) is 0 Å². The Bertz CT molecular complexity index is 363. The Hall–Kier alpha value is 0.1000. The minimum atomic E-state index is -0.526. The largest absolute Gasteiger partial charge is 0.392 e. The first kappa shape index (κ1) is 13.5. The average molecular weight is 293 g/mol. The smallest absolute Gasteiger partial charge is 0.127 e. The molecule has 5 heteroatoms. The molecule has 0 radical (unpaired) electrons. The molecule has 1 nitrogen and oxygen atoms in total. The van der Waals surface area contributed by atoms with Crippen LogP contribution in [0.5, 0.6) is 0 Å². The van der Waals surface area contributed by atoms with Gasteiger partial charge in [0.1, 0.15) is 5.82 Å². The molecule has 0 amide bonds. The van der Waals surface area contributed by atoms with Crippen molar-refractivity contribution >= 4 is 35.1 Å². The van der Waals surface area contributed by atoms with Gasteiger partial charge in [-0.1, -0.05) is 17.7 Å². The van der Waals surface area contributed by atoms with E-state index in [4.69, 9.17) is 11.6 Å². The van der Waals surface area contributed by atoms with Crippen molar-refractivity contribution < 1.29 is 9.50 Å². The fourth-order valence-corrected chi connectivity index (χ4v) is 4.81. The zero-order chi connectivity index (χ0) is 12.3. The van der Waals surface area contributed by atoms with Crippen LogP contribution in [0.2, 0.25) is 5.02 Å². The van der Waals surface area contributed by atoms with Crippen molar-refractivity contribution in [3.05, 3.63) is 34.6 Å². The summed E-state index contributed by atoms with van der Waals surface area (Å²) in [7, 11) is 0. The maximum Gasteiger partial charge on any atom is 0.127 e. The molecule has 0 aromatic heterocycles. The maximum absolute atomic E-state index is 13.6. The second-order valence-corrected chi connectivity index (χ2v) is 6.86. The van der Waals surface area contributed by atoms with Gasteiger partial charge in [0, 0.05) is 39.5 Å². The number of halogens is 2. The first-order valence-corrected chi connectivity index (χ1v) is 8.07. The van der Waals surface area contributed by atoms with Gasteiger partial charge in [0.2, 0.25) is 0 Å². The SMILES string of the molecule is OC(Cc1c(F)cccc1Cl)C1CSCCS1. The number of aliphatic hydroxyl groups is 1. The molecule has 0 saturated carbocycles. The molecule has 1 aliphatic rings. The summed E-state index contributed by atoms with van der Waals surface area (Å²) in [5.41, 5.74) is 0.429. The lowest BCUT2D eigenvalue weighted by molar-refractivity contribution is 0.176. The molecular weight excluding hydrogens is 279 g/mol. The number of aliphatic hydroxyl groups excluding tert-OH is 1. The van der Waals surface area contributed by atoms with Crippen molar-refractivity contribution in [1.29, 1.82) is 0 Å². The first-order chi connectivity index (χ1) is 8.18. The molecule has 1 N–H and O–H groups in total. The predicted molar refractivity (Wildman–Crippen MR) is 74.7 cm³/mol. The maximum atomic E-state index is 13.6. The van der Waals surface area contributed by atoms with E-state index in [1.54, 1.807) is 23.9 Å². The predicted octanol–water partition coefficient (Wildman–Crippen LogP) is 3.23. The zero-order valence-corrected chi connectivity index (χ0v) is 11.6. The van der Waals surface area contributed by atoms with Gasteiger partial charge in [-0.25, -0.2) is 4.39 Å². The van der Waals surface area contributed by atoms with Gasteiger partial charge in [-0.2, -0.15) is 23.5 Å². The summed E-state index contributed by atoms with van der Waals surface area (Å²) < 4.78 is 13.6. The summed E-state index contributed by atoms with van der Waals surface area (Å²) in [4.78, 5) is 0. The van der Waals surface area contributed by atoms with E-state index in [0.717, 1.165) is 17.3 Å². The molecule has 0 aliphatic carbocycles. The van der Waals surface area contributed by atoms with Crippen LogP contribution in [-0.4, -0.2) is 33.7 Å². The Morgan fingerprint density at radius 3 is 2.94 bits per heavy atom. The summed E-state index contributed by atoms with van der Waals surface area (Å²) >= 11 is 9.56. The van der Waals surface area contributed by atoms with Crippen LogP contribution in [0.3, 0.4) is 0 Å². The Balaban J connectivity index is 2.04. The molecule has 94 valence electrons. The summed E-state index contributed by atoms with van der Waals surface area (Å²) in [6.07, 6.45) is -0.230. The quantitative estimate of drug-likeness (QED) is 0.924. The molecule has 2 unspecified atom stereocenters. The lowest BCUT2D eigenvalue weighted by Gasteiger charge is -2.26. The second kappa shape index (κ2) is 6.32. The van der Waals surface area contributed by atoms with Crippen molar-refractivity contribution in [2.75, 3.05) is 17.3 Å². The van der Waals surface area contributed by atoms with Gasteiger partial charge in [-0.05, 0) is 12.1 Å². The zero-order valence-electron chi connectivity index (χ0n) is 9.23. The average Bonchev–Trinajstić information content (AvgIpc) is 2.35. The molecule has 1 fully saturated rings. The molecule has 0 spiro atoms. The third-order valence-electron chi connectivity index (χ3n) is 2.75. The molecule has 2 atom stereocenters. The first-order valence-electron chi connectivity index (χ1n) is 5.49. The van der Waals surface area contributed by atoms with Gasteiger partial charge in [-0.15, -0.1) is 0 Å². The molecular formula is C12H14ClFOS2. The van der Waals surface area contributed by atoms with Crippen molar-refractivity contribution in [2.24, 2.45) is 0 Å². The number of hydrogen-bond donors (Lipinski definition) is 1. The third-order valence-corrected chi connectivity index (χ3v) is 6.01. The number of benzene rings is 1. The highest BCUT2D eigenvalue weighted by molar-refractivity contribution is 8.06. The summed E-state index contributed by atoms with van der Waals surface area (Å²) in [5.74, 6) is 2.79. The molecule has 1 aromatic rings. The van der Waals surface area contributed by atoms with Gasteiger partial charge in [0.05, 0.1) is 6.10 Å². The standard InChI is InChI=1S/C12H14ClFOS2/c13-9-2-1-3-10(14)8(9)6-11(15)12-7-16-4-5-17-12/h1-3,11-12,15H,4-7H2. The molecule has 1 saturated heterocycles. The topological polar surface area (TPSA) is 20.2 Å². The number of hydrogen-bond acceptors (Lipinski definition) is 3. The van der Waals surface area contributed by atoms with Crippen molar-refractivity contribution in [3.63, 3.8) is 0 Å². The Kier molecular flexibility index (Phi) is 5.03. The molecule has 1 aromatic carbocycles. The molecule has 2 rings (SSSR count). The summed E-state index contributed by atoms with van der Waals surface area (Å²) in [5, 5.41) is 10.7. The van der Waals surface area contributed by atoms with Crippen LogP contribution in [0.1, 0.15) is 5.56 Å². The van der Waals surface area contributed by atoms with Crippen LogP contribution in [0, 0.1) is 5.82 Å². The fraction of sp³-hybridized carbons (Fsp3) is 0.500. The van der Waals surface area contributed by atoms with E-state index in [0.29, 0.717) is 17.0 Å². The van der Waals surface area contributed by atoms with Crippen molar-refractivity contribution in [1.82, 2.24) is 0 Å². The normalized spacial score (nSPS) is 22.4. The van der Waals surface area contributed by atoms with Gasteiger partial charge in [-0.3, -0.25) is 0 Å². The van der Waals surface area contributed by atoms with Crippen LogP contribution in [0.4, 0.5) is 4.39 Å². The van der Waals surface area contributed by atoms with Gasteiger partial charge >= 0.3 is 0 Å². The van der Waals surface area contributed by atoms with Crippen molar-refractivity contribution in [2.45, 2.75) is 17.8 Å². The van der Waals surface area contributed by atoms with Crippen LogP contribution in [0.15, 0.2) is 18.2 Å². The molecule has 1 heterocycles. The fourth-order valence-electron chi connectivity index (χ4n) is 1.80. The van der Waals surface area contributed by atoms with E-state index in [1.165, 1.54) is 6.07 Å². The summed E-state index contributed by atoms with van der Waals surface area (Å²) in [6.45, 7) is 0. The Morgan fingerprint density at radius 2 is 2.29 bits per heavy atom. The third kappa shape index (κ3) is 3.53. The van der Waals surface area contributed by atoms with E-state index in [1.807, 2.05) is 11.8 Å². The van der Waals surface area contributed by atoms with E-state index in [2.05, 4.69) is 0 Å². The highest BCUT2D eigenvalue weighted by atomic mass is 35.5. The van der Waals surface area contributed by atoms with Crippen LogP contribution >= 0.6 is 35.1 Å². The van der Waals surface area contributed by atoms with Crippen LogP contribution < -0.4 is 0 Å². The highest BCUT2D eigenvalue weighted by Crippen LogP contribution is 2.29. The Morgan fingerprint density at radius 1 is 1.47 bits per heavy atom. The van der Waals surface area contributed by atoms with Gasteiger partial charge < -0.3 is 5.11 Å². The summed E-state index contributed by atoms with van der Waals surface area (Å²) in [6, 6.07) is 4.63. The number of thioether (sulfide) groups is 2. The molecule has 1 aliphatic heterocycles. The van der Waals surface area contributed by atoms with E-state index in [9.17, 15) is 9.50 Å². The molecule has 17 heavy (non-hydrogen) atoms. The van der Waals surface area contributed by atoms with Crippen molar-refractivity contribution in [3.8, 4) is 0 Å². The number of rotatable bonds is 3. The lowest BCUT2D eigenvalue weighted by Crippen LogP contribution is -2.30. The van der Waals surface area contributed by atoms with E-state index in [-0.39, 0.29) is 11.1 Å². The monoisotopic (exact) mass is 292 g/mol. The van der Waals surface area contributed by atoms with E-state index >= 15 is 0 Å². The lowest BCUT2D eigenvalue weighted by atomic mass is 10.1.